The molecular weight excluding hydrogens is 294 g/mol. The summed E-state index contributed by atoms with van der Waals surface area (Å²) in [5, 5.41) is 8.51. The van der Waals surface area contributed by atoms with Gasteiger partial charge < -0.3 is 16.4 Å². The van der Waals surface area contributed by atoms with Gasteiger partial charge in [-0.25, -0.2) is 4.98 Å². The van der Waals surface area contributed by atoms with E-state index in [2.05, 4.69) is 38.1 Å². The van der Waals surface area contributed by atoms with Crippen LogP contribution in [-0.2, 0) is 6.42 Å². The van der Waals surface area contributed by atoms with Crippen molar-refractivity contribution in [3.63, 3.8) is 0 Å². The van der Waals surface area contributed by atoms with Crippen LogP contribution in [0.5, 0.6) is 0 Å². The molecule has 0 atom stereocenters. The van der Waals surface area contributed by atoms with Gasteiger partial charge in [0.1, 0.15) is 5.82 Å². The maximum atomic E-state index is 5.84. The molecule has 0 bridgehead atoms. The lowest BCUT2D eigenvalue weighted by Gasteiger charge is -2.05. The van der Waals surface area contributed by atoms with E-state index in [4.69, 9.17) is 5.73 Å². The van der Waals surface area contributed by atoms with Crippen molar-refractivity contribution < 1.29 is 0 Å². The first-order chi connectivity index (χ1) is 10.8. The van der Waals surface area contributed by atoms with E-state index in [1.54, 1.807) is 17.5 Å². The molecule has 0 fully saturated rings. The summed E-state index contributed by atoms with van der Waals surface area (Å²) in [5.74, 6) is 1.45. The topological polar surface area (TPSA) is 75.3 Å². The number of unbranched alkanes of at least 4 members (excludes halogenated alkanes) is 1. The second kappa shape index (κ2) is 9.78. The minimum atomic E-state index is 0.536. The fourth-order valence-electron chi connectivity index (χ4n) is 1.94. The summed E-state index contributed by atoms with van der Waals surface area (Å²) in [6.45, 7) is 2.48. The average molecular weight is 317 g/mol. The Balaban J connectivity index is 1.49. The Kier molecular flexibility index (Phi) is 7.25. The highest BCUT2D eigenvalue weighted by atomic mass is 32.1. The Morgan fingerprint density at radius 2 is 2.14 bits per heavy atom. The molecule has 118 valence electrons. The number of pyridine rings is 1. The zero-order chi connectivity index (χ0) is 15.5. The first kappa shape index (κ1) is 16.3. The largest absolute Gasteiger partial charge is 0.370 e. The van der Waals surface area contributed by atoms with Crippen LogP contribution in [0.4, 0.5) is 5.82 Å². The predicted molar refractivity (Wildman–Crippen MR) is 94.5 cm³/mol. The van der Waals surface area contributed by atoms with E-state index in [-0.39, 0.29) is 0 Å². The van der Waals surface area contributed by atoms with Gasteiger partial charge in [-0.2, -0.15) is 0 Å². The molecular formula is C16H23N5S. The van der Waals surface area contributed by atoms with Crippen LogP contribution >= 0.6 is 11.3 Å². The van der Waals surface area contributed by atoms with Crippen LogP contribution in [0.3, 0.4) is 0 Å². The van der Waals surface area contributed by atoms with Gasteiger partial charge in [0.25, 0.3) is 0 Å². The number of guanidine groups is 1. The number of hydrogen-bond acceptors (Lipinski definition) is 4. The van der Waals surface area contributed by atoms with Gasteiger partial charge in [0.15, 0.2) is 5.96 Å². The molecule has 0 saturated heterocycles. The number of aromatic nitrogens is 1. The number of rotatable bonds is 9. The minimum absolute atomic E-state index is 0.536. The molecule has 4 N–H and O–H groups in total. The Labute approximate surface area is 135 Å². The van der Waals surface area contributed by atoms with Crippen molar-refractivity contribution in [2.24, 2.45) is 10.7 Å². The van der Waals surface area contributed by atoms with Crippen LogP contribution < -0.4 is 16.4 Å². The molecule has 0 aliphatic carbocycles. The predicted octanol–water partition coefficient (Wildman–Crippen LogP) is 2.48. The van der Waals surface area contributed by atoms with Gasteiger partial charge in [0, 0.05) is 30.7 Å². The number of aliphatic imine (C=N–C) groups is 1. The molecule has 0 saturated carbocycles. The highest BCUT2D eigenvalue weighted by Crippen LogP contribution is 2.07. The van der Waals surface area contributed by atoms with Crippen molar-refractivity contribution in [2.45, 2.75) is 19.3 Å². The summed E-state index contributed by atoms with van der Waals surface area (Å²) >= 11 is 1.77. The van der Waals surface area contributed by atoms with E-state index in [1.807, 2.05) is 18.2 Å². The Hall–Kier alpha value is -2.08. The highest BCUT2D eigenvalue weighted by molar-refractivity contribution is 7.09. The van der Waals surface area contributed by atoms with Gasteiger partial charge in [-0.1, -0.05) is 12.1 Å². The molecule has 0 radical (unpaired) electrons. The van der Waals surface area contributed by atoms with E-state index in [0.717, 1.165) is 44.7 Å². The lowest BCUT2D eigenvalue weighted by Crippen LogP contribution is -2.33. The van der Waals surface area contributed by atoms with E-state index < -0.39 is 0 Å². The molecule has 0 spiro atoms. The smallest absolute Gasteiger partial charge is 0.188 e. The lowest BCUT2D eigenvalue weighted by atomic mass is 10.3. The zero-order valence-electron chi connectivity index (χ0n) is 12.7. The van der Waals surface area contributed by atoms with Gasteiger partial charge in [-0.05, 0) is 42.8 Å². The zero-order valence-corrected chi connectivity index (χ0v) is 13.5. The van der Waals surface area contributed by atoms with Gasteiger partial charge in [-0.15, -0.1) is 11.3 Å². The third-order valence-corrected chi connectivity index (χ3v) is 4.03. The van der Waals surface area contributed by atoms with Crippen molar-refractivity contribution in [3.05, 3.63) is 46.8 Å². The maximum Gasteiger partial charge on any atom is 0.188 e. The summed E-state index contributed by atoms with van der Waals surface area (Å²) in [6, 6.07) is 10.1. The molecule has 5 nitrogen and oxygen atoms in total. The number of thiophene rings is 1. The molecule has 0 amide bonds. The molecule has 2 aromatic rings. The maximum absolute atomic E-state index is 5.84. The van der Waals surface area contributed by atoms with Crippen LogP contribution in [0.1, 0.15) is 17.7 Å². The molecule has 2 heterocycles. The number of anilines is 1. The van der Waals surface area contributed by atoms with Crippen molar-refractivity contribution in [3.8, 4) is 0 Å². The summed E-state index contributed by atoms with van der Waals surface area (Å²) < 4.78 is 0. The third kappa shape index (κ3) is 6.58. The molecule has 22 heavy (non-hydrogen) atoms. The fraction of sp³-hybridized carbons (Fsp3) is 0.375. The van der Waals surface area contributed by atoms with Crippen molar-refractivity contribution in [2.75, 3.05) is 25.0 Å². The first-order valence-electron chi connectivity index (χ1n) is 7.55. The standard InChI is InChI=1S/C16H23N5S/c17-16(21-12-8-14-6-5-13-22-14)20-11-4-3-10-19-15-7-1-2-9-18-15/h1-2,5-7,9,13H,3-4,8,10-12H2,(H,18,19)(H3,17,20,21). The minimum Gasteiger partial charge on any atom is -0.370 e. The summed E-state index contributed by atoms with van der Waals surface area (Å²) in [5.41, 5.74) is 5.84. The third-order valence-electron chi connectivity index (χ3n) is 3.10. The van der Waals surface area contributed by atoms with Crippen molar-refractivity contribution in [1.82, 2.24) is 10.3 Å². The molecule has 0 unspecified atom stereocenters. The number of nitrogens with two attached hydrogens (primary N) is 1. The normalized spacial score (nSPS) is 11.4. The second-order valence-electron chi connectivity index (χ2n) is 4.87. The Bertz CT molecular complexity index is 539. The van der Waals surface area contributed by atoms with E-state index in [9.17, 15) is 0 Å². The van der Waals surface area contributed by atoms with Crippen LogP contribution in [0.15, 0.2) is 46.9 Å². The van der Waals surface area contributed by atoms with Crippen LogP contribution in [-0.4, -0.2) is 30.6 Å². The van der Waals surface area contributed by atoms with E-state index in [1.165, 1.54) is 4.88 Å². The fourth-order valence-corrected chi connectivity index (χ4v) is 2.65. The lowest BCUT2D eigenvalue weighted by molar-refractivity contribution is 0.764. The van der Waals surface area contributed by atoms with Gasteiger partial charge in [0.05, 0.1) is 0 Å². The second-order valence-corrected chi connectivity index (χ2v) is 5.90. The first-order valence-corrected chi connectivity index (χ1v) is 8.43. The van der Waals surface area contributed by atoms with Gasteiger partial charge >= 0.3 is 0 Å². The SMILES string of the molecule is NC(=NCCCCNc1ccccn1)NCCc1cccs1. The van der Waals surface area contributed by atoms with E-state index in [0.29, 0.717) is 5.96 Å². The molecule has 6 heteroatoms. The number of nitrogens with zero attached hydrogens (tertiary/aromatic N) is 2. The summed E-state index contributed by atoms with van der Waals surface area (Å²) in [4.78, 5) is 9.90. The van der Waals surface area contributed by atoms with Gasteiger partial charge in [0.2, 0.25) is 0 Å². The molecule has 0 aromatic carbocycles. The number of nitrogens with one attached hydrogen (secondary N) is 2. The average Bonchev–Trinajstić information content (AvgIpc) is 3.05. The summed E-state index contributed by atoms with van der Waals surface area (Å²) in [6.07, 6.45) is 4.83. The Morgan fingerprint density at radius 1 is 1.18 bits per heavy atom. The molecule has 2 rings (SSSR count). The molecule has 2 aromatic heterocycles. The van der Waals surface area contributed by atoms with Crippen molar-refractivity contribution >= 4 is 23.1 Å². The summed E-state index contributed by atoms with van der Waals surface area (Å²) in [7, 11) is 0. The molecule has 0 aliphatic heterocycles. The Morgan fingerprint density at radius 3 is 2.91 bits per heavy atom. The van der Waals surface area contributed by atoms with E-state index >= 15 is 0 Å². The molecule has 0 aliphatic rings. The quantitative estimate of drug-likeness (QED) is 0.377. The van der Waals surface area contributed by atoms with Crippen molar-refractivity contribution in [1.29, 1.82) is 0 Å². The van der Waals surface area contributed by atoms with Gasteiger partial charge in [-0.3, -0.25) is 4.99 Å². The number of hydrogen-bond donors (Lipinski definition) is 3. The van der Waals surface area contributed by atoms with Crippen LogP contribution in [0, 0.1) is 0 Å². The highest BCUT2D eigenvalue weighted by Gasteiger charge is 1.95. The monoisotopic (exact) mass is 317 g/mol. The van der Waals surface area contributed by atoms with Crippen LogP contribution in [0.2, 0.25) is 0 Å². The van der Waals surface area contributed by atoms with Crippen LogP contribution in [0.25, 0.3) is 0 Å².